The number of amides is 1. The van der Waals surface area contributed by atoms with E-state index in [0.29, 0.717) is 6.42 Å². The molecular weight excluding hydrogens is 178 g/mol. The van der Waals surface area contributed by atoms with Crippen LogP contribution in [0.1, 0.15) is 26.7 Å². The average Bonchev–Trinajstić information content (AvgIpc) is 2.03. The van der Waals surface area contributed by atoms with Crippen LogP contribution in [0, 0.1) is 5.92 Å². The second kappa shape index (κ2) is 5.81. The first-order valence-corrected chi connectivity index (χ1v) is 4.96. The van der Waals surface area contributed by atoms with Crippen LogP contribution >= 0.6 is 0 Å². The van der Waals surface area contributed by atoms with Gasteiger partial charge in [-0.2, -0.15) is 0 Å². The summed E-state index contributed by atoms with van der Waals surface area (Å²) in [4.78, 5) is 13.2. The van der Waals surface area contributed by atoms with Crippen molar-refractivity contribution in [1.82, 2.24) is 4.90 Å². The minimum Gasteiger partial charge on any atom is -0.392 e. The quantitative estimate of drug-likeness (QED) is 0.680. The third-order valence-electron chi connectivity index (χ3n) is 2.21. The van der Waals surface area contributed by atoms with E-state index in [9.17, 15) is 9.90 Å². The summed E-state index contributed by atoms with van der Waals surface area (Å²) in [5.41, 5.74) is 0.727. The number of carbonyl (C=O) groups is 1. The monoisotopic (exact) mass is 199 g/mol. The van der Waals surface area contributed by atoms with Crippen molar-refractivity contribution in [3.8, 4) is 0 Å². The third-order valence-corrected chi connectivity index (χ3v) is 2.21. The lowest BCUT2D eigenvalue weighted by Gasteiger charge is -2.25. The van der Waals surface area contributed by atoms with E-state index < -0.39 is 12.0 Å². The van der Waals surface area contributed by atoms with Gasteiger partial charge in [0.05, 0.1) is 12.0 Å². The van der Waals surface area contributed by atoms with Gasteiger partial charge in [0.2, 0.25) is 5.91 Å². The van der Waals surface area contributed by atoms with Crippen LogP contribution < -0.4 is 0 Å². The van der Waals surface area contributed by atoms with E-state index in [1.807, 2.05) is 6.92 Å². The molecular formula is C11H21NO2. The van der Waals surface area contributed by atoms with E-state index in [1.165, 1.54) is 4.90 Å². The fourth-order valence-corrected chi connectivity index (χ4v) is 1.44. The maximum Gasteiger partial charge on any atom is 0.231 e. The average molecular weight is 199 g/mol. The first kappa shape index (κ1) is 13.2. The summed E-state index contributed by atoms with van der Waals surface area (Å²) >= 11 is 0. The minimum atomic E-state index is -0.604. The lowest BCUT2D eigenvalue weighted by Crippen LogP contribution is -2.37. The largest absolute Gasteiger partial charge is 0.392 e. The van der Waals surface area contributed by atoms with Crippen molar-refractivity contribution < 1.29 is 9.90 Å². The fourth-order valence-electron chi connectivity index (χ4n) is 1.44. The molecule has 0 aromatic rings. The van der Waals surface area contributed by atoms with Crippen LogP contribution in [0.3, 0.4) is 0 Å². The molecule has 0 aliphatic rings. The second-order valence-electron chi connectivity index (χ2n) is 3.91. The number of hydrogen-bond donors (Lipinski definition) is 1. The second-order valence-corrected chi connectivity index (χ2v) is 3.91. The van der Waals surface area contributed by atoms with Gasteiger partial charge < -0.3 is 10.0 Å². The number of hydrogen-bond acceptors (Lipinski definition) is 2. The molecule has 0 rings (SSSR count). The zero-order valence-electron chi connectivity index (χ0n) is 9.58. The highest BCUT2D eigenvalue weighted by Gasteiger charge is 2.27. The van der Waals surface area contributed by atoms with Crippen LogP contribution in [0.2, 0.25) is 0 Å². The molecule has 0 aliphatic heterocycles. The molecule has 1 amide bonds. The molecule has 0 aromatic heterocycles. The molecule has 0 aliphatic carbocycles. The van der Waals surface area contributed by atoms with Crippen LogP contribution in [-0.2, 0) is 4.79 Å². The van der Waals surface area contributed by atoms with Crippen LogP contribution in [0.5, 0.6) is 0 Å². The van der Waals surface area contributed by atoms with Gasteiger partial charge in [-0.05, 0) is 13.3 Å². The van der Waals surface area contributed by atoms with Gasteiger partial charge in [-0.3, -0.25) is 4.79 Å². The molecule has 82 valence electrons. The van der Waals surface area contributed by atoms with Crippen LogP contribution in [-0.4, -0.2) is 36.1 Å². The van der Waals surface area contributed by atoms with Crippen molar-refractivity contribution in [3.05, 3.63) is 12.2 Å². The highest BCUT2D eigenvalue weighted by molar-refractivity contribution is 5.81. The third kappa shape index (κ3) is 3.50. The predicted octanol–water partition coefficient (Wildman–Crippen LogP) is 1.43. The Morgan fingerprint density at radius 3 is 2.29 bits per heavy atom. The van der Waals surface area contributed by atoms with Gasteiger partial charge in [-0.25, -0.2) is 0 Å². The Hall–Kier alpha value is -0.830. The van der Waals surface area contributed by atoms with Gasteiger partial charge in [-0.1, -0.05) is 25.5 Å². The Balaban J connectivity index is 4.59. The van der Waals surface area contributed by atoms with Crippen molar-refractivity contribution in [2.75, 3.05) is 14.1 Å². The SMILES string of the molecule is C=C(C)[C@H](C(=O)N(C)C)[C@@H](O)CCC. The van der Waals surface area contributed by atoms with Crippen molar-refractivity contribution in [2.45, 2.75) is 32.8 Å². The van der Waals surface area contributed by atoms with E-state index in [0.717, 1.165) is 12.0 Å². The molecule has 0 unspecified atom stereocenters. The maximum absolute atomic E-state index is 11.7. The van der Waals surface area contributed by atoms with Crippen LogP contribution in [0.25, 0.3) is 0 Å². The number of rotatable bonds is 5. The van der Waals surface area contributed by atoms with Gasteiger partial charge in [0.1, 0.15) is 0 Å². The molecule has 14 heavy (non-hydrogen) atoms. The lowest BCUT2D eigenvalue weighted by molar-refractivity contribution is -0.135. The fraction of sp³-hybridized carbons (Fsp3) is 0.727. The summed E-state index contributed by atoms with van der Waals surface area (Å²) < 4.78 is 0. The zero-order chi connectivity index (χ0) is 11.3. The Labute approximate surface area is 86.4 Å². The van der Waals surface area contributed by atoms with E-state index in [4.69, 9.17) is 0 Å². The number of aliphatic hydroxyl groups excluding tert-OH is 1. The van der Waals surface area contributed by atoms with Crippen molar-refractivity contribution >= 4 is 5.91 Å². The molecule has 0 fully saturated rings. The van der Waals surface area contributed by atoms with E-state index in [1.54, 1.807) is 21.0 Å². The van der Waals surface area contributed by atoms with E-state index in [-0.39, 0.29) is 5.91 Å². The highest BCUT2D eigenvalue weighted by Crippen LogP contribution is 2.19. The molecule has 2 atom stereocenters. The molecule has 0 bridgehead atoms. The highest BCUT2D eigenvalue weighted by atomic mass is 16.3. The number of nitrogens with zero attached hydrogens (tertiary/aromatic N) is 1. The zero-order valence-corrected chi connectivity index (χ0v) is 9.58. The predicted molar refractivity (Wildman–Crippen MR) is 57.9 cm³/mol. The van der Waals surface area contributed by atoms with Gasteiger partial charge in [0, 0.05) is 14.1 Å². The smallest absolute Gasteiger partial charge is 0.231 e. The number of carbonyl (C=O) groups excluding carboxylic acids is 1. The summed E-state index contributed by atoms with van der Waals surface area (Å²) in [6.07, 6.45) is 0.898. The minimum absolute atomic E-state index is 0.0709. The van der Waals surface area contributed by atoms with Gasteiger partial charge >= 0.3 is 0 Å². The maximum atomic E-state index is 11.7. The summed E-state index contributed by atoms with van der Waals surface area (Å²) in [6, 6.07) is 0. The topological polar surface area (TPSA) is 40.5 Å². The Bertz CT molecular complexity index is 211. The van der Waals surface area contributed by atoms with Crippen molar-refractivity contribution in [3.63, 3.8) is 0 Å². The van der Waals surface area contributed by atoms with Gasteiger partial charge in [-0.15, -0.1) is 0 Å². The Kier molecular flexibility index (Phi) is 5.46. The summed E-state index contributed by atoms with van der Waals surface area (Å²) in [6.45, 7) is 7.52. The van der Waals surface area contributed by atoms with Gasteiger partial charge in [0.15, 0.2) is 0 Å². The Morgan fingerprint density at radius 1 is 1.50 bits per heavy atom. The summed E-state index contributed by atoms with van der Waals surface area (Å²) in [5, 5.41) is 9.79. The Morgan fingerprint density at radius 2 is 2.00 bits per heavy atom. The summed E-state index contributed by atoms with van der Waals surface area (Å²) in [7, 11) is 3.38. The molecule has 3 heteroatoms. The first-order chi connectivity index (χ1) is 6.41. The van der Waals surface area contributed by atoms with Crippen LogP contribution in [0.15, 0.2) is 12.2 Å². The normalized spacial score (nSPS) is 14.6. The first-order valence-electron chi connectivity index (χ1n) is 4.96. The standard InChI is InChI=1S/C11H21NO2/c1-6-7-9(13)10(8(2)3)11(14)12(4)5/h9-10,13H,2,6-7H2,1,3-5H3/t9-,10-/m0/s1. The van der Waals surface area contributed by atoms with Crippen LogP contribution in [0.4, 0.5) is 0 Å². The van der Waals surface area contributed by atoms with Crippen molar-refractivity contribution in [1.29, 1.82) is 0 Å². The molecule has 1 N–H and O–H groups in total. The van der Waals surface area contributed by atoms with E-state index in [2.05, 4.69) is 6.58 Å². The van der Waals surface area contributed by atoms with E-state index >= 15 is 0 Å². The van der Waals surface area contributed by atoms with Crippen molar-refractivity contribution in [2.24, 2.45) is 5.92 Å². The molecule has 0 heterocycles. The molecule has 0 radical (unpaired) electrons. The lowest BCUT2D eigenvalue weighted by atomic mass is 9.91. The molecule has 0 saturated heterocycles. The van der Waals surface area contributed by atoms with Gasteiger partial charge in [0.25, 0.3) is 0 Å². The molecule has 0 spiro atoms. The molecule has 0 aromatic carbocycles. The summed E-state index contributed by atoms with van der Waals surface area (Å²) in [5.74, 6) is -0.525. The number of aliphatic hydroxyl groups is 1. The molecule has 0 saturated carbocycles. The molecule has 3 nitrogen and oxygen atoms in total.